The molecule has 0 radical (unpaired) electrons. The van der Waals surface area contributed by atoms with E-state index < -0.39 is 6.04 Å². The van der Waals surface area contributed by atoms with E-state index in [2.05, 4.69) is 10.3 Å². The average Bonchev–Trinajstić information content (AvgIpc) is 3.15. The lowest BCUT2D eigenvalue weighted by atomic mass is 9.99. The molecule has 2 heterocycles. The molecule has 3 rings (SSSR count). The molecule has 1 N–H and O–H groups in total. The standard InChI is InChI=1S/C17H19N3O3/c1-3-11(2)14-16(21)20(17(22)19-14)9-13-10-23-15(18-13)12-7-5-4-6-8-12/h4-8,10-11,14H,3,9H2,1-2H3,(H,19,22)/t11-,14-/m0/s1. The van der Waals surface area contributed by atoms with Crippen LogP contribution in [-0.4, -0.2) is 27.9 Å². The summed E-state index contributed by atoms with van der Waals surface area (Å²) in [6, 6.07) is 8.67. The van der Waals surface area contributed by atoms with E-state index in [1.165, 1.54) is 11.2 Å². The van der Waals surface area contributed by atoms with Crippen LogP contribution in [0, 0.1) is 5.92 Å². The zero-order chi connectivity index (χ0) is 16.4. The van der Waals surface area contributed by atoms with Crippen LogP contribution in [0.1, 0.15) is 26.0 Å². The second-order valence-electron chi connectivity index (χ2n) is 5.75. The van der Waals surface area contributed by atoms with Crippen molar-refractivity contribution < 1.29 is 14.0 Å². The van der Waals surface area contributed by atoms with Crippen molar-refractivity contribution in [2.45, 2.75) is 32.9 Å². The maximum atomic E-state index is 12.4. The topological polar surface area (TPSA) is 75.4 Å². The molecule has 6 nitrogen and oxygen atoms in total. The van der Waals surface area contributed by atoms with Gasteiger partial charge >= 0.3 is 6.03 Å². The predicted molar refractivity (Wildman–Crippen MR) is 84.3 cm³/mol. The third-order valence-corrected chi connectivity index (χ3v) is 4.16. The first-order valence-corrected chi connectivity index (χ1v) is 7.72. The molecule has 1 saturated heterocycles. The van der Waals surface area contributed by atoms with E-state index in [1.54, 1.807) is 0 Å². The summed E-state index contributed by atoms with van der Waals surface area (Å²) in [5.41, 5.74) is 1.41. The molecular formula is C17H19N3O3. The molecule has 1 aromatic carbocycles. The number of hydrogen-bond donors (Lipinski definition) is 1. The number of rotatable bonds is 5. The fraction of sp³-hybridized carbons (Fsp3) is 0.353. The van der Waals surface area contributed by atoms with Crippen LogP contribution in [0.15, 0.2) is 41.0 Å². The Labute approximate surface area is 134 Å². The van der Waals surface area contributed by atoms with Crippen molar-refractivity contribution in [3.8, 4) is 11.5 Å². The molecule has 1 aromatic heterocycles. The number of benzene rings is 1. The third kappa shape index (κ3) is 2.97. The molecule has 3 amide bonds. The lowest BCUT2D eigenvalue weighted by Gasteiger charge is -2.15. The van der Waals surface area contributed by atoms with Gasteiger partial charge in [0.25, 0.3) is 5.91 Å². The number of nitrogens with one attached hydrogen (secondary N) is 1. The molecule has 0 unspecified atom stereocenters. The van der Waals surface area contributed by atoms with Gasteiger partial charge in [-0.3, -0.25) is 9.69 Å². The number of imide groups is 1. The maximum Gasteiger partial charge on any atom is 0.325 e. The summed E-state index contributed by atoms with van der Waals surface area (Å²) in [6.07, 6.45) is 2.31. The van der Waals surface area contributed by atoms with Gasteiger partial charge in [-0.05, 0) is 18.1 Å². The Hall–Kier alpha value is -2.63. The Morgan fingerprint density at radius 2 is 2.04 bits per heavy atom. The average molecular weight is 313 g/mol. The van der Waals surface area contributed by atoms with Gasteiger partial charge in [0.05, 0.1) is 12.2 Å². The fourth-order valence-electron chi connectivity index (χ4n) is 2.57. The van der Waals surface area contributed by atoms with E-state index in [4.69, 9.17) is 4.42 Å². The van der Waals surface area contributed by atoms with Crippen LogP contribution in [0.2, 0.25) is 0 Å². The molecule has 0 bridgehead atoms. The molecule has 0 aliphatic carbocycles. The summed E-state index contributed by atoms with van der Waals surface area (Å²) in [4.78, 5) is 30.0. The van der Waals surface area contributed by atoms with Crippen LogP contribution >= 0.6 is 0 Å². The lowest BCUT2D eigenvalue weighted by molar-refractivity contribution is -0.128. The van der Waals surface area contributed by atoms with Crippen LogP contribution < -0.4 is 5.32 Å². The number of carbonyl (C=O) groups is 2. The maximum absolute atomic E-state index is 12.4. The van der Waals surface area contributed by atoms with Gasteiger partial charge in [0.2, 0.25) is 5.89 Å². The number of hydrogen-bond acceptors (Lipinski definition) is 4. The van der Waals surface area contributed by atoms with E-state index in [-0.39, 0.29) is 24.4 Å². The minimum absolute atomic E-state index is 0.105. The fourth-order valence-corrected chi connectivity index (χ4v) is 2.57. The highest BCUT2D eigenvalue weighted by molar-refractivity contribution is 6.04. The highest BCUT2D eigenvalue weighted by Gasteiger charge is 2.40. The molecule has 120 valence electrons. The first-order chi connectivity index (χ1) is 11.1. The molecule has 0 saturated carbocycles. The van der Waals surface area contributed by atoms with Crippen molar-refractivity contribution in [2.24, 2.45) is 5.92 Å². The van der Waals surface area contributed by atoms with Gasteiger partial charge in [0.1, 0.15) is 12.3 Å². The monoisotopic (exact) mass is 313 g/mol. The summed E-state index contributed by atoms with van der Waals surface area (Å²) in [5.74, 6) is 0.383. The summed E-state index contributed by atoms with van der Waals surface area (Å²) in [7, 11) is 0. The Kier molecular flexibility index (Phi) is 4.14. The van der Waals surface area contributed by atoms with Gasteiger partial charge in [-0.15, -0.1) is 0 Å². The highest BCUT2D eigenvalue weighted by Crippen LogP contribution is 2.21. The van der Waals surface area contributed by atoms with Crippen LogP contribution in [0.5, 0.6) is 0 Å². The summed E-state index contributed by atoms with van der Waals surface area (Å²) in [6.45, 7) is 4.07. The quantitative estimate of drug-likeness (QED) is 0.861. The number of urea groups is 1. The van der Waals surface area contributed by atoms with Crippen molar-refractivity contribution in [3.63, 3.8) is 0 Å². The van der Waals surface area contributed by atoms with Gasteiger partial charge in [-0.2, -0.15) is 0 Å². The van der Waals surface area contributed by atoms with Crippen molar-refractivity contribution in [1.82, 2.24) is 15.2 Å². The largest absolute Gasteiger partial charge is 0.444 e. The minimum Gasteiger partial charge on any atom is -0.444 e. The summed E-state index contributed by atoms with van der Waals surface area (Å²) >= 11 is 0. The predicted octanol–water partition coefficient (Wildman–Crippen LogP) is 2.81. The number of aromatic nitrogens is 1. The smallest absolute Gasteiger partial charge is 0.325 e. The first kappa shape index (κ1) is 15.3. The lowest BCUT2D eigenvalue weighted by Crippen LogP contribution is -2.35. The summed E-state index contributed by atoms with van der Waals surface area (Å²) in [5, 5.41) is 2.74. The normalized spacial score (nSPS) is 19.0. The van der Waals surface area contributed by atoms with Gasteiger partial charge < -0.3 is 9.73 Å². The molecule has 0 spiro atoms. The van der Waals surface area contributed by atoms with E-state index >= 15 is 0 Å². The number of nitrogens with zero attached hydrogens (tertiary/aromatic N) is 2. The Morgan fingerprint density at radius 1 is 1.30 bits per heavy atom. The van der Waals surface area contributed by atoms with Gasteiger partial charge in [-0.25, -0.2) is 9.78 Å². The third-order valence-electron chi connectivity index (χ3n) is 4.16. The second-order valence-corrected chi connectivity index (χ2v) is 5.75. The van der Waals surface area contributed by atoms with Crippen LogP contribution in [0.4, 0.5) is 4.79 Å². The number of oxazole rings is 1. The Bertz CT molecular complexity index is 711. The van der Waals surface area contributed by atoms with Crippen molar-refractivity contribution in [3.05, 3.63) is 42.3 Å². The van der Waals surface area contributed by atoms with Crippen molar-refractivity contribution in [1.29, 1.82) is 0 Å². The molecule has 1 aliphatic rings. The number of amides is 3. The SMILES string of the molecule is CC[C@H](C)[C@@H]1NC(=O)N(Cc2coc(-c3ccccc3)n2)C1=O. The molecule has 2 atom stereocenters. The molecule has 1 fully saturated rings. The van der Waals surface area contributed by atoms with E-state index in [0.29, 0.717) is 11.6 Å². The first-order valence-electron chi connectivity index (χ1n) is 7.72. The highest BCUT2D eigenvalue weighted by atomic mass is 16.3. The minimum atomic E-state index is -0.451. The zero-order valence-corrected chi connectivity index (χ0v) is 13.2. The van der Waals surface area contributed by atoms with Gasteiger partial charge in [0.15, 0.2) is 0 Å². The Morgan fingerprint density at radius 3 is 2.74 bits per heavy atom. The molecular weight excluding hydrogens is 294 g/mol. The molecule has 23 heavy (non-hydrogen) atoms. The zero-order valence-electron chi connectivity index (χ0n) is 13.2. The van der Waals surface area contributed by atoms with Crippen LogP contribution in [-0.2, 0) is 11.3 Å². The van der Waals surface area contributed by atoms with Gasteiger partial charge in [-0.1, -0.05) is 38.5 Å². The van der Waals surface area contributed by atoms with Crippen LogP contribution in [0.3, 0.4) is 0 Å². The Balaban J connectivity index is 1.74. The van der Waals surface area contributed by atoms with Gasteiger partial charge in [0, 0.05) is 5.56 Å². The molecule has 6 heteroatoms. The van der Waals surface area contributed by atoms with Crippen molar-refractivity contribution in [2.75, 3.05) is 0 Å². The number of carbonyl (C=O) groups excluding carboxylic acids is 2. The molecule has 1 aliphatic heterocycles. The van der Waals surface area contributed by atoms with E-state index in [1.807, 2.05) is 44.2 Å². The molecule has 2 aromatic rings. The second kappa shape index (κ2) is 6.24. The van der Waals surface area contributed by atoms with E-state index in [9.17, 15) is 9.59 Å². The van der Waals surface area contributed by atoms with Crippen molar-refractivity contribution >= 4 is 11.9 Å². The van der Waals surface area contributed by atoms with Crippen LogP contribution in [0.25, 0.3) is 11.5 Å². The summed E-state index contributed by atoms with van der Waals surface area (Å²) < 4.78 is 5.45. The van der Waals surface area contributed by atoms with E-state index in [0.717, 1.165) is 12.0 Å².